The highest BCUT2D eigenvalue weighted by Gasteiger charge is 2.46. The summed E-state index contributed by atoms with van der Waals surface area (Å²) in [5.74, 6) is -1.40. The molecule has 1 aromatic rings. The van der Waals surface area contributed by atoms with Gasteiger partial charge in [-0.1, -0.05) is 158 Å². The maximum absolute atomic E-state index is 12.9. The Morgan fingerprint density at radius 1 is 0.726 bits per heavy atom. The fourth-order valence-electron chi connectivity index (χ4n) is 7.53. The molecule has 1 aromatic heterocycles. The first-order valence-electron chi connectivity index (χ1n) is 26.4. The van der Waals surface area contributed by atoms with Gasteiger partial charge in [0.15, 0.2) is 12.3 Å². The molecule has 1 saturated heterocycles. The lowest BCUT2D eigenvalue weighted by molar-refractivity contribution is -0.161. The minimum absolute atomic E-state index is 0.0483. The lowest BCUT2D eigenvalue weighted by Crippen LogP contribution is -2.36. The van der Waals surface area contributed by atoms with E-state index in [1.165, 1.54) is 44.6 Å². The molecule has 2 heterocycles. The molecule has 0 bridgehead atoms. The Morgan fingerprint density at radius 3 is 1.96 bits per heavy atom. The predicted molar refractivity (Wildman–Crippen MR) is 281 cm³/mol. The van der Waals surface area contributed by atoms with Gasteiger partial charge in [-0.15, -0.1) is 0 Å². The quantitative estimate of drug-likeness (QED) is 0.0117. The van der Waals surface area contributed by atoms with E-state index in [4.69, 9.17) is 29.0 Å². The number of unbranched alkanes of at least 4 members (excludes halogenated alkanes) is 16. The van der Waals surface area contributed by atoms with Crippen molar-refractivity contribution >= 4 is 33.4 Å². The van der Waals surface area contributed by atoms with Crippen LogP contribution in [0.4, 0.5) is 5.82 Å². The van der Waals surface area contributed by atoms with Crippen LogP contribution in [-0.2, 0) is 46.3 Å². The van der Waals surface area contributed by atoms with Gasteiger partial charge in [-0.2, -0.15) is 9.29 Å². The zero-order chi connectivity index (χ0) is 53.6. The maximum Gasteiger partial charge on any atom is 0.481 e. The van der Waals surface area contributed by atoms with Crippen molar-refractivity contribution in [2.45, 2.75) is 211 Å². The third-order valence-corrected chi connectivity index (χ3v) is 14.3. The summed E-state index contributed by atoms with van der Waals surface area (Å²) in [5, 5.41) is 30.9. The van der Waals surface area contributed by atoms with E-state index >= 15 is 0 Å². The zero-order valence-electron chi connectivity index (χ0n) is 43.3. The number of rotatable bonds is 43. The Balaban J connectivity index is 1.83. The molecule has 21 heteroatoms. The maximum atomic E-state index is 12.9. The fraction of sp³-hybridized carbons (Fsp3) is 0.692. The third kappa shape index (κ3) is 32.5. The van der Waals surface area contributed by atoms with Crippen molar-refractivity contribution in [1.82, 2.24) is 9.55 Å². The number of aliphatic hydroxyl groups excluding tert-OH is 3. The van der Waals surface area contributed by atoms with Crippen molar-refractivity contribution < 1.29 is 71.4 Å². The summed E-state index contributed by atoms with van der Waals surface area (Å²) in [5.41, 5.74) is 4.58. The molecule has 2 rings (SSSR count). The average Bonchev–Trinajstić information content (AvgIpc) is 3.62. The molecule has 1 fully saturated rings. The molecule has 0 aromatic carbocycles. The molecule has 0 spiro atoms. The van der Waals surface area contributed by atoms with Crippen molar-refractivity contribution in [3.05, 3.63) is 83.5 Å². The number of allylic oxidation sites excluding steroid dienone is 9. The van der Waals surface area contributed by atoms with E-state index in [9.17, 15) is 48.6 Å². The summed E-state index contributed by atoms with van der Waals surface area (Å²) in [7, 11) is -10.9. The molecule has 0 amide bonds. The van der Waals surface area contributed by atoms with Crippen molar-refractivity contribution in [2.24, 2.45) is 0 Å². The number of phosphoric ester groups is 2. The minimum Gasteiger partial charge on any atom is -0.462 e. The molecule has 1 aliphatic heterocycles. The molecular formula is C52H87N3O16P2. The van der Waals surface area contributed by atoms with E-state index in [1.807, 2.05) is 42.5 Å². The summed E-state index contributed by atoms with van der Waals surface area (Å²) in [6.07, 6.45) is 36.2. The summed E-state index contributed by atoms with van der Waals surface area (Å²) in [4.78, 5) is 61.9. The zero-order valence-corrected chi connectivity index (χ0v) is 45.1. The van der Waals surface area contributed by atoms with Crippen LogP contribution in [0.1, 0.15) is 181 Å². The van der Waals surface area contributed by atoms with Crippen LogP contribution in [0, 0.1) is 0 Å². The molecule has 19 nitrogen and oxygen atoms in total. The smallest absolute Gasteiger partial charge is 0.462 e. The lowest BCUT2D eigenvalue weighted by Gasteiger charge is -2.21. The number of aliphatic hydroxyl groups is 3. The summed E-state index contributed by atoms with van der Waals surface area (Å²) < 4.78 is 56.7. The molecule has 0 radical (unpaired) electrons. The van der Waals surface area contributed by atoms with Crippen molar-refractivity contribution in [3.8, 4) is 0 Å². The van der Waals surface area contributed by atoms with Crippen LogP contribution in [0.2, 0.25) is 0 Å². The lowest BCUT2D eigenvalue weighted by atomic mass is 10.1. The van der Waals surface area contributed by atoms with Crippen LogP contribution in [0.5, 0.6) is 0 Å². The normalized spacial score (nSPS) is 19.9. The first-order chi connectivity index (χ1) is 35.1. The number of carbonyl (C=O) groups excluding carboxylic acids is 2. The number of nitrogen functional groups attached to an aromatic ring is 1. The molecule has 416 valence electrons. The first-order valence-corrected chi connectivity index (χ1v) is 29.4. The molecule has 0 aliphatic carbocycles. The highest BCUT2D eigenvalue weighted by atomic mass is 31.3. The molecule has 1 aliphatic rings. The summed E-state index contributed by atoms with van der Waals surface area (Å²) in [6, 6.07) is 1.24. The highest BCUT2D eigenvalue weighted by Crippen LogP contribution is 2.60. The van der Waals surface area contributed by atoms with Gasteiger partial charge in [-0.05, 0) is 70.3 Å². The van der Waals surface area contributed by atoms with Gasteiger partial charge in [0.25, 0.3) is 0 Å². The number of nitrogens with two attached hydrogens (primary N) is 1. The van der Waals surface area contributed by atoms with Gasteiger partial charge in [0, 0.05) is 19.0 Å². The second-order valence-electron chi connectivity index (χ2n) is 18.2. The van der Waals surface area contributed by atoms with Gasteiger partial charge < -0.3 is 45.1 Å². The van der Waals surface area contributed by atoms with Gasteiger partial charge in [0.2, 0.25) is 0 Å². The van der Waals surface area contributed by atoms with Gasteiger partial charge in [0.05, 0.1) is 19.3 Å². The standard InChI is InChI=1S/C52H87N3O16P2/c1-3-5-7-8-9-10-11-12-13-14-15-16-19-22-25-28-32-36-47(57)66-40-44(69-48(58)37-33-29-26-23-20-17-18-21-24-27-31-35-43(56)34-30-6-4-2)41-67-72(62,63)71-73(64,65)68-42-45-49(59)50(60)51(70-45)55-39-38-46(53)54-52(55)61/h12-13,17-18,23-24,26-27,31,35,38-39,43-45,49-51,56,59-60H,3-11,14-16,19-22,25,28-30,32-34,36-37,40-42H2,1-2H3,(H,62,63)(H,64,65)(H2,53,54,61)/b13-12-,18-17-,26-23-,27-24-,35-31+/t43-,44+,45+,49+,50+,51+/m0/s1. The monoisotopic (exact) mass is 1070 g/mol. The van der Waals surface area contributed by atoms with Crippen LogP contribution in [-0.4, -0.2) is 96.9 Å². The Morgan fingerprint density at radius 2 is 1.29 bits per heavy atom. The van der Waals surface area contributed by atoms with E-state index in [2.05, 4.69) is 35.3 Å². The number of anilines is 1. The molecule has 2 unspecified atom stereocenters. The van der Waals surface area contributed by atoms with Crippen LogP contribution >= 0.6 is 15.6 Å². The predicted octanol–water partition coefficient (Wildman–Crippen LogP) is 10.1. The second kappa shape index (κ2) is 39.8. The number of nitrogens with zero attached hydrogens (tertiary/aromatic N) is 2. The summed E-state index contributed by atoms with van der Waals surface area (Å²) >= 11 is 0. The van der Waals surface area contributed by atoms with Crippen LogP contribution < -0.4 is 11.4 Å². The summed E-state index contributed by atoms with van der Waals surface area (Å²) in [6.45, 7) is 1.97. The molecule has 0 saturated carbocycles. The highest BCUT2D eigenvalue weighted by molar-refractivity contribution is 7.61. The number of phosphoric acid groups is 2. The first kappa shape index (κ1) is 65.5. The van der Waals surface area contributed by atoms with E-state index in [0.717, 1.165) is 94.2 Å². The SMILES string of the molecule is CCCCCCCC/C=C\CCCCCCCCCC(=O)OC[C@H](COP(=O)(O)OP(=O)(O)OC[C@H]1O[C@@H](n2ccc(N)nc2=O)[C@H](O)[C@@H]1O)OC(=O)CCC/C=C\C/C=C\C/C=C\C=C\[C@@H](O)CCCCC. The van der Waals surface area contributed by atoms with Crippen molar-refractivity contribution in [2.75, 3.05) is 25.6 Å². The van der Waals surface area contributed by atoms with E-state index in [1.54, 1.807) is 6.08 Å². The Bertz CT molecular complexity index is 1980. The molecular weight excluding hydrogens is 985 g/mol. The van der Waals surface area contributed by atoms with Crippen molar-refractivity contribution in [3.63, 3.8) is 0 Å². The number of ether oxygens (including phenoxy) is 3. The number of esters is 2. The number of carbonyl (C=O) groups is 2. The number of hydrogen-bond donors (Lipinski definition) is 6. The Labute approximate surface area is 433 Å². The van der Waals surface area contributed by atoms with Gasteiger partial charge in [-0.3, -0.25) is 23.2 Å². The average molecular weight is 1070 g/mol. The van der Waals surface area contributed by atoms with E-state index in [0.29, 0.717) is 25.7 Å². The third-order valence-electron chi connectivity index (χ3n) is 11.7. The number of aromatic nitrogens is 2. The largest absolute Gasteiger partial charge is 0.481 e. The fourth-order valence-corrected chi connectivity index (χ4v) is 9.64. The van der Waals surface area contributed by atoms with Crippen LogP contribution in [0.25, 0.3) is 0 Å². The van der Waals surface area contributed by atoms with Gasteiger partial charge in [0.1, 0.15) is 30.7 Å². The van der Waals surface area contributed by atoms with Gasteiger partial charge in [-0.25, -0.2) is 13.9 Å². The van der Waals surface area contributed by atoms with Gasteiger partial charge >= 0.3 is 33.3 Å². The van der Waals surface area contributed by atoms with Crippen LogP contribution in [0.3, 0.4) is 0 Å². The van der Waals surface area contributed by atoms with Crippen LogP contribution in [0.15, 0.2) is 77.8 Å². The van der Waals surface area contributed by atoms with E-state index in [-0.39, 0.29) is 18.7 Å². The topological polar surface area (TPSA) is 286 Å². The molecule has 8 atom stereocenters. The van der Waals surface area contributed by atoms with E-state index < -0.39 is 89.8 Å². The second-order valence-corrected chi connectivity index (χ2v) is 21.3. The minimum atomic E-state index is -5.45. The molecule has 73 heavy (non-hydrogen) atoms. The Hall–Kier alpha value is -3.58. The molecule has 7 N–H and O–H groups in total. The Kier molecular flexibility index (Phi) is 35.7. The van der Waals surface area contributed by atoms with Crippen molar-refractivity contribution in [1.29, 1.82) is 0 Å². The number of hydrogen-bond acceptors (Lipinski definition) is 16.